The third-order valence-electron chi connectivity index (χ3n) is 7.32. The summed E-state index contributed by atoms with van der Waals surface area (Å²) in [5, 5.41) is 1.34. The van der Waals surface area contributed by atoms with E-state index in [2.05, 4.69) is 9.97 Å². The minimum absolute atomic E-state index is 0. The Morgan fingerprint density at radius 2 is 0.513 bits per heavy atom. The summed E-state index contributed by atoms with van der Waals surface area (Å²) >= 11 is 20.6. The Bertz CT molecular complexity index is 8090. The molecule has 2 aromatic heterocycles. The minimum atomic E-state index is -0.433. The first-order valence-corrected chi connectivity index (χ1v) is 131. The van der Waals surface area contributed by atoms with Crippen LogP contribution in [-0.4, -0.2) is 35.1 Å². The molecule has 5 aromatic rings. The van der Waals surface area contributed by atoms with Crippen molar-refractivity contribution < 1.29 is 27.8 Å². The monoisotopic (exact) mass is 3130 g/mol. The Kier molecular flexibility index (Phi) is 116. The summed E-state index contributed by atoms with van der Waals surface area (Å²) in [5.74, 6) is -1.51. The Labute approximate surface area is 927 Å². The van der Waals surface area contributed by atoms with Gasteiger partial charge in [-0.2, -0.15) is 0 Å². The van der Waals surface area contributed by atoms with Gasteiger partial charge in [-0.05, 0) is 68.4 Å². The number of aromatic nitrogens is 2. The summed E-state index contributed by atoms with van der Waals surface area (Å²) in [4.78, 5) is 31.1. The molecule has 2 heterocycles. The van der Waals surface area contributed by atoms with E-state index in [9.17, 15) is 18.4 Å². The smallest absolute Gasteiger partial charge is 0.355 e. The van der Waals surface area contributed by atoms with Crippen molar-refractivity contribution >= 4 is 774 Å². The maximum atomic E-state index is 13.6. The number of halogens is 2. The number of fused-ring (bicyclic) bond motifs is 2. The molecule has 0 aliphatic rings. The number of ether oxygens (including phenoxy) is 2. The highest BCUT2D eigenvalue weighted by molar-refractivity contribution is 8.85. The highest BCUT2D eigenvalue weighted by Crippen LogP contribution is 2.37. The quantitative estimate of drug-likeness (QED) is 0.168. The number of hydrogen-bond donors (Lipinski definition) is 2. The fourth-order valence-corrected chi connectivity index (χ4v) is 206. The fraction of sp³-hybridized carbons (Fsp3) is 0.172. The second-order valence-corrected chi connectivity index (χ2v) is 150. The van der Waals surface area contributed by atoms with Crippen LogP contribution in [-0.2, 0) is 738 Å². The Balaban J connectivity index is 0.000000838. The van der Waals surface area contributed by atoms with Gasteiger partial charge < -0.3 is 19.4 Å². The van der Waals surface area contributed by atoms with Gasteiger partial charge in [0.2, 0.25) is 0 Å². The van der Waals surface area contributed by atoms with Crippen LogP contribution >= 0.6 is 11.8 Å². The molecule has 0 saturated carbocycles. The standard InChI is InChI=1S/C17H14FNO2S.C11H10FNO2.CH4.S41.S40/c1-2-21-17(20)15-16(22-12-6-4-3-5-7-12)13-10-11(18)8-9-14(13)19-15;1-2-15-11(14)10-6-7-5-8(12)3-4-9(7)13-10;;1-3-5-7-9-11-13-15-17-19-21-23-25-27-29-31-33-35-37-39-41-40-38-36-34-32-30-28-26-24-22-20-18-16-14-12-10-8-6-4-2;1-3-5-7-9-11-13-15-17-19-21-23-25-27-29-31-33-35-37-39-40-38-36-34-32-30-28-26-24-22-20-18-16-14-12-10-8-6-4-2/h3-10,19H,2H2,1H3;3-6,13H,2H2,1H3;1H4;;. The highest BCUT2D eigenvalue weighted by Gasteiger charge is 2.20. The molecule has 0 unspecified atom stereocenters. The van der Waals surface area contributed by atoms with Crippen LogP contribution in [0.1, 0.15) is 42.3 Å². The molecular weight excluding hydrogens is 3110 g/mol. The van der Waals surface area contributed by atoms with Gasteiger partial charge in [0.25, 0.3) is 0 Å². The summed E-state index contributed by atoms with van der Waals surface area (Å²) in [5.41, 5.74) is 2.14. The van der Waals surface area contributed by atoms with E-state index in [4.69, 9.17) is 54.2 Å². The van der Waals surface area contributed by atoms with Crippen molar-refractivity contribution in [2.24, 2.45) is 0 Å². The molecule has 0 saturated heterocycles. The summed E-state index contributed by atoms with van der Waals surface area (Å²) < 4.78 is 36.4. The maximum Gasteiger partial charge on any atom is 0.355 e. The van der Waals surface area contributed by atoms with Crippen molar-refractivity contribution in [3.8, 4) is 0 Å². The second kappa shape index (κ2) is 106. The van der Waals surface area contributed by atoms with Crippen molar-refractivity contribution in [2.45, 2.75) is 31.1 Å². The minimum Gasteiger partial charge on any atom is -0.461 e. The average molecular weight is 3140 g/mol. The van der Waals surface area contributed by atoms with Gasteiger partial charge in [0, 0.05) is 755 Å². The van der Waals surface area contributed by atoms with E-state index in [0.29, 0.717) is 39.2 Å². The Morgan fingerprint density at radius 1 is 0.286 bits per heavy atom. The number of hydrogen-bond acceptors (Lipinski definition) is 9. The van der Waals surface area contributed by atoms with Gasteiger partial charge in [-0.15, -0.1) is 0 Å². The molecule has 0 amide bonds. The lowest BCUT2D eigenvalue weighted by Gasteiger charge is -2.04. The van der Waals surface area contributed by atoms with Gasteiger partial charge in [0.15, 0.2) is 0 Å². The van der Waals surface area contributed by atoms with Crippen LogP contribution in [0.5, 0.6) is 0 Å². The van der Waals surface area contributed by atoms with E-state index in [1.807, 2.05) is 465 Å². The van der Waals surface area contributed by atoms with Crippen molar-refractivity contribution in [2.75, 3.05) is 13.2 Å². The number of rotatable bonds is 6. The molecule has 119 heavy (non-hydrogen) atoms. The number of aromatic amines is 2. The molecule has 0 atom stereocenters. The van der Waals surface area contributed by atoms with E-state index in [1.54, 1.807) is 245 Å². The second-order valence-electron chi connectivity index (χ2n) is 13.0. The van der Waals surface area contributed by atoms with Gasteiger partial charge in [0.1, 0.15) is 23.0 Å². The van der Waals surface area contributed by atoms with Gasteiger partial charge in [-0.25, -0.2) is 18.4 Å². The average Bonchev–Trinajstić information content (AvgIpc) is 1.64. The van der Waals surface area contributed by atoms with Crippen molar-refractivity contribution in [3.05, 3.63) is 95.8 Å². The normalized spacial score (nSPS) is 8.57. The molecule has 5 rings (SSSR count). The van der Waals surface area contributed by atoms with Crippen molar-refractivity contribution in [1.29, 1.82) is 0 Å². The summed E-state index contributed by atoms with van der Waals surface area (Å²) in [6.07, 6.45) is 0. The number of carbonyl (C=O) groups excluding carboxylic acids is 2. The molecule has 90 heteroatoms. The van der Waals surface area contributed by atoms with E-state index < -0.39 is 11.9 Å². The number of benzene rings is 3. The van der Waals surface area contributed by atoms with Crippen LogP contribution in [0.3, 0.4) is 0 Å². The predicted octanol–water partition coefficient (Wildman–Crippen LogP) is 7.56. The van der Waals surface area contributed by atoms with Gasteiger partial charge in [-0.1, -0.05) is 37.4 Å². The van der Waals surface area contributed by atoms with Crippen LogP contribution in [0.25, 0.3) is 21.8 Å². The lowest BCUT2D eigenvalue weighted by atomic mass is 10.2. The van der Waals surface area contributed by atoms with Gasteiger partial charge in [0.05, 0.1) is 18.1 Å². The topological polar surface area (TPSA) is 84.2 Å². The zero-order valence-electron chi connectivity index (χ0n) is 53.2. The van der Waals surface area contributed by atoms with Gasteiger partial charge in [-0.3, -0.25) is 0 Å². The van der Waals surface area contributed by atoms with Gasteiger partial charge >= 0.3 is 11.9 Å². The molecule has 0 bridgehead atoms. The SMILES string of the molecule is C.CCOC(=O)c1[nH]c2ccc(F)cc2c1Sc1ccccc1.CCOC(=O)c1cc2cc(F)ccc2[nH]1.S=S=S=S=S=S=S=S=S=S=S=S=S=S=S=S=S=S=S=S=S=S=S=S=S=S=S=S=S=S=S=S=S=S=S=S=S=S=S=S.S=S=S=S=S=S=S=S=S=S=S=S=S=S=S=S=S=S=S=S=S=S=S=S=S=S=S=S=S=S=S=S=S=S=S=S=S=S=S=S=S. The summed E-state index contributed by atoms with van der Waals surface area (Å²) in [6.45, 7) is 4.10. The Hall–Kier alpha value is 13.7. The zero-order valence-corrected chi connectivity index (χ0v) is 120. The van der Waals surface area contributed by atoms with Crippen molar-refractivity contribution in [3.63, 3.8) is 0 Å². The first-order valence-electron chi connectivity index (χ1n) is 24.7. The maximum absolute atomic E-state index is 13.6. The lowest BCUT2D eigenvalue weighted by molar-refractivity contribution is 0.0509. The van der Waals surface area contributed by atoms with E-state index in [0.717, 1.165) is 10.4 Å². The number of carbonyl (C=O) groups is 2. The summed E-state index contributed by atoms with van der Waals surface area (Å²) in [6, 6.07) is 19.9. The van der Waals surface area contributed by atoms with Crippen LogP contribution in [0.4, 0.5) is 8.78 Å². The molecule has 6 nitrogen and oxygen atoms in total. The fourth-order valence-electron chi connectivity index (χ4n) is 4.45. The molecule has 2 N–H and O–H groups in total. The van der Waals surface area contributed by atoms with Crippen LogP contribution < -0.4 is 0 Å². The molecule has 0 aliphatic carbocycles. The van der Waals surface area contributed by atoms with E-state index >= 15 is 0 Å². The van der Waals surface area contributed by atoms with Crippen molar-refractivity contribution in [1.82, 2.24) is 9.97 Å². The number of esters is 2. The first kappa shape index (κ1) is 131. The molecule has 0 radical (unpaired) electrons. The van der Waals surface area contributed by atoms with Crippen LogP contribution in [0.15, 0.2) is 82.6 Å². The molecule has 0 fully saturated rings. The first-order chi connectivity index (χ1) is 58.2. The number of H-pyrrole nitrogens is 2. The highest BCUT2D eigenvalue weighted by atomic mass is 33.5. The molecular formula is C29H28F2N2O4S82. The largest absolute Gasteiger partial charge is 0.461 e. The third-order valence-corrected chi connectivity index (χ3v) is 175. The molecule has 3 aromatic carbocycles. The van der Waals surface area contributed by atoms with E-state index in [-0.39, 0.29) is 25.7 Å². The predicted molar refractivity (Wildman–Crippen MR) is 742 cm³/mol. The molecule has 684 valence electrons. The van der Waals surface area contributed by atoms with E-state index in [1.165, 1.54) is 71.5 Å². The Morgan fingerprint density at radius 3 is 0.756 bits per heavy atom. The lowest BCUT2D eigenvalue weighted by Crippen LogP contribution is -2.06. The molecule has 0 spiro atoms. The zero-order chi connectivity index (χ0) is 84.8. The van der Waals surface area contributed by atoms with Crippen LogP contribution in [0, 0.1) is 11.6 Å². The van der Waals surface area contributed by atoms with Crippen LogP contribution in [0.2, 0.25) is 0 Å². The third kappa shape index (κ3) is 85.8. The number of nitrogens with one attached hydrogen (secondary N) is 2. The summed E-state index contributed by atoms with van der Waals surface area (Å²) in [7, 11) is 137. The molecule has 0 aliphatic heterocycles.